The summed E-state index contributed by atoms with van der Waals surface area (Å²) in [4.78, 5) is 0. The minimum atomic E-state index is 0.744. The average Bonchev–Trinajstić information content (AvgIpc) is 2.16. The van der Waals surface area contributed by atoms with Crippen molar-refractivity contribution in [2.45, 2.75) is 57.9 Å². The third-order valence-electron chi connectivity index (χ3n) is 2.51. The van der Waals surface area contributed by atoms with E-state index < -0.39 is 0 Å². The standard InChI is InChI=1S/C12H25N/c1-4-6-7-8-9-11-12(13-3)10-5-2/h4,12-13H,1,5-11H2,2-3H3. The van der Waals surface area contributed by atoms with Gasteiger partial charge in [-0.1, -0.05) is 32.3 Å². The quantitative estimate of drug-likeness (QED) is 0.426. The SMILES string of the molecule is C=CCCCCCC(CCC)NC. The Balaban J connectivity index is 3.22. The second-order valence-corrected chi connectivity index (χ2v) is 3.70. The van der Waals surface area contributed by atoms with Gasteiger partial charge in [-0.3, -0.25) is 0 Å². The van der Waals surface area contributed by atoms with Crippen molar-refractivity contribution >= 4 is 0 Å². The molecule has 1 N–H and O–H groups in total. The van der Waals surface area contributed by atoms with Gasteiger partial charge < -0.3 is 5.32 Å². The molecule has 78 valence electrons. The largest absolute Gasteiger partial charge is 0.317 e. The van der Waals surface area contributed by atoms with Crippen LogP contribution in [-0.4, -0.2) is 13.1 Å². The molecule has 0 bridgehead atoms. The van der Waals surface area contributed by atoms with E-state index in [1.165, 1.54) is 44.9 Å². The zero-order valence-corrected chi connectivity index (χ0v) is 9.31. The molecule has 0 aromatic heterocycles. The molecule has 0 aliphatic heterocycles. The average molecular weight is 183 g/mol. The predicted molar refractivity (Wildman–Crippen MR) is 61.0 cm³/mol. The molecule has 0 aromatic rings. The number of nitrogens with one attached hydrogen (secondary N) is 1. The Labute approximate surface area is 83.6 Å². The summed E-state index contributed by atoms with van der Waals surface area (Å²) < 4.78 is 0. The van der Waals surface area contributed by atoms with Crippen LogP contribution in [-0.2, 0) is 0 Å². The van der Waals surface area contributed by atoms with Crippen LogP contribution in [0.3, 0.4) is 0 Å². The molecule has 0 rings (SSSR count). The molecule has 13 heavy (non-hydrogen) atoms. The Morgan fingerprint density at radius 3 is 2.54 bits per heavy atom. The molecule has 1 atom stereocenters. The first kappa shape index (κ1) is 12.7. The highest BCUT2D eigenvalue weighted by Crippen LogP contribution is 2.09. The van der Waals surface area contributed by atoms with Crippen molar-refractivity contribution in [1.29, 1.82) is 0 Å². The van der Waals surface area contributed by atoms with Gasteiger partial charge in [0.1, 0.15) is 0 Å². The highest BCUT2D eigenvalue weighted by atomic mass is 14.9. The molecule has 0 fully saturated rings. The second-order valence-electron chi connectivity index (χ2n) is 3.70. The first-order valence-electron chi connectivity index (χ1n) is 5.63. The molecule has 0 heterocycles. The van der Waals surface area contributed by atoms with Crippen molar-refractivity contribution in [1.82, 2.24) is 5.32 Å². The van der Waals surface area contributed by atoms with Crippen molar-refractivity contribution in [3.8, 4) is 0 Å². The van der Waals surface area contributed by atoms with Gasteiger partial charge in [-0.2, -0.15) is 0 Å². The molecule has 0 saturated heterocycles. The van der Waals surface area contributed by atoms with E-state index in [0.717, 1.165) is 6.04 Å². The van der Waals surface area contributed by atoms with E-state index in [1.807, 2.05) is 6.08 Å². The molecule has 0 aliphatic rings. The lowest BCUT2D eigenvalue weighted by Crippen LogP contribution is -2.24. The van der Waals surface area contributed by atoms with Crippen LogP contribution in [0, 0.1) is 0 Å². The van der Waals surface area contributed by atoms with Gasteiger partial charge in [0.25, 0.3) is 0 Å². The monoisotopic (exact) mass is 183 g/mol. The van der Waals surface area contributed by atoms with Crippen molar-refractivity contribution in [2.24, 2.45) is 0 Å². The Morgan fingerprint density at radius 2 is 2.00 bits per heavy atom. The number of rotatable bonds is 9. The molecule has 0 saturated carbocycles. The molecular formula is C12H25N. The lowest BCUT2D eigenvalue weighted by molar-refractivity contribution is 0.458. The Bertz CT molecular complexity index is 110. The predicted octanol–water partition coefficient (Wildman–Crippen LogP) is 3.51. The van der Waals surface area contributed by atoms with Crippen LogP contribution in [0.1, 0.15) is 51.9 Å². The normalized spacial score (nSPS) is 12.8. The number of hydrogen-bond acceptors (Lipinski definition) is 1. The number of unbranched alkanes of at least 4 members (excludes halogenated alkanes) is 3. The van der Waals surface area contributed by atoms with Gasteiger partial charge >= 0.3 is 0 Å². The van der Waals surface area contributed by atoms with E-state index in [1.54, 1.807) is 0 Å². The van der Waals surface area contributed by atoms with Crippen LogP contribution in [0.5, 0.6) is 0 Å². The Hall–Kier alpha value is -0.300. The number of allylic oxidation sites excluding steroid dienone is 1. The molecule has 1 nitrogen and oxygen atoms in total. The van der Waals surface area contributed by atoms with Crippen molar-refractivity contribution in [2.75, 3.05) is 7.05 Å². The Kier molecular flexibility index (Phi) is 9.56. The minimum absolute atomic E-state index is 0.744. The smallest absolute Gasteiger partial charge is 0.00639 e. The summed E-state index contributed by atoms with van der Waals surface area (Å²) in [6.07, 6.45) is 11.2. The van der Waals surface area contributed by atoms with Gasteiger partial charge in [-0.25, -0.2) is 0 Å². The maximum Gasteiger partial charge on any atom is 0.00639 e. The van der Waals surface area contributed by atoms with Gasteiger partial charge in [0.2, 0.25) is 0 Å². The zero-order chi connectivity index (χ0) is 9.94. The van der Waals surface area contributed by atoms with Gasteiger partial charge in [0.05, 0.1) is 0 Å². The highest BCUT2D eigenvalue weighted by Gasteiger charge is 2.02. The maximum atomic E-state index is 3.73. The van der Waals surface area contributed by atoms with E-state index in [0.29, 0.717) is 0 Å². The Morgan fingerprint density at radius 1 is 1.23 bits per heavy atom. The molecule has 1 heteroatoms. The van der Waals surface area contributed by atoms with Gasteiger partial charge in [0, 0.05) is 6.04 Å². The third-order valence-corrected chi connectivity index (χ3v) is 2.51. The summed E-state index contributed by atoms with van der Waals surface area (Å²) in [5.41, 5.74) is 0. The molecule has 0 radical (unpaired) electrons. The zero-order valence-electron chi connectivity index (χ0n) is 9.31. The summed E-state index contributed by atoms with van der Waals surface area (Å²) in [6.45, 7) is 5.98. The fraction of sp³-hybridized carbons (Fsp3) is 0.833. The fourth-order valence-electron chi connectivity index (χ4n) is 1.64. The second kappa shape index (κ2) is 9.79. The molecule has 0 amide bonds. The van der Waals surface area contributed by atoms with E-state index in [4.69, 9.17) is 0 Å². The summed E-state index contributed by atoms with van der Waals surface area (Å²) in [5.74, 6) is 0. The maximum absolute atomic E-state index is 3.73. The van der Waals surface area contributed by atoms with Gasteiger partial charge in [0.15, 0.2) is 0 Å². The topological polar surface area (TPSA) is 12.0 Å². The highest BCUT2D eigenvalue weighted by molar-refractivity contribution is 4.67. The van der Waals surface area contributed by atoms with Crippen LogP contribution in [0.25, 0.3) is 0 Å². The van der Waals surface area contributed by atoms with Crippen LogP contribution in [0.15, 0.2) is 12.7 Å². The van der Waals surface area contributed by atoms with Crippen LogP contribution < -0.4 is 5.32 Å². The lowest BCUT2D eigenvalue weighted by atomic mass is 10.0. The molecule has 1 unspecified atom stereocenters. The molecule has 0 spiro atoms. The fourth-order valence-corrected chi connectivity index (χ4v) is 1.64. The van der Waals surface area contributed by atoms with E-state index in [-0.39, 0.29) is 0 Å². The van der Waals surface area contributed by atoms with E-state index >= 15 is 0 Å². The van der Waals surface area contributed by atoms with Gasteiger partial charge in [-0.05, 0) is 32.7 Å². The summed E-state index contributed by atoms with van der Waals surface area (Å²) >= 11 is 0. The van der Waals surface area contributed by atoms with E-state index in [9.17, 15) is 0 Å². The minimum Gasteiger partial charge on any atom is -0.317 e. The summed E-state index contributed by atoms with van der Waals surface area (Å²) in [5, 5.41) is 3.37. The van der Waals surface area contributed by atoms with Crippen molar-refractivity contribution in [3.63, 3.8) is 0 Å². The first-order chi connectivity index (χ1) is 6.35. The van der Waals surface area contributed by atoms with Crippen LogP contribution >= 0.6 is 0 Å². The van der Waals surface area contributed by atoms with Crippen molar-refractivity contribution < 1.29 is 0 Å². The third kappa shape index (κ3) is 8.04. The molecule has 0 aliphatic carbocycles. The van der Waals surface area contributed by atoms with E-state index in [2.05, 4.69) is 25.9 Å². The molecule has 0 aromatic carbocycles. The van der Waals surface area contributed by atoms with Crippen LogP contribution in [0.4, 0.5) is 0 Å². The molecular weight excluding hydrogens is 158 g/mol. The first-order valence-corrected chi connectivity index (χ1v) is 5.63. The van der Waals surface area contributed by atoms with Crippen molar-refractivity contribution in [3.05, 3.63) is 12.7 Å². The van der Waals surface area contributed by atoms with Gasteiger partial charge in [-0.15, -0.1) is 6.58 Å². The summed E-state index contributed by atoms with van der Waals surface area (Å²) in [7, 11) is 2.07. The summed E-state index contributed by atoms with van der Waals surface area (Å²) in [6, 6.07) is 0.744. The number of hydrogen-bond donors (Lipinski definition) is 1. The lowest BCUT2D eigenvalue weighted by Gasteiger charge is -2.14. The van der Waals surface area contributed by atoms with Crippen LogP contribution in [0.2, 0.25) is 0 Å².